The maximum absolute atomic E-state index is 12.1. The van der Waals surface area contributed by atoms with E-state index in [1.807, 2.05) is 40.7 Å². The Hall–Kier alpha value is -1.40. The van der Waals surface area contributed by atoms with E-state index < -0.39 is 5.60 Å². The van der Waals surface area contributed by atoms with Gasteiger partial charge in [-0.05, 0) is 40.7 Å². The van der Waals surface area contributed by atoms with Crippen LogP contribution in [0, 0.1) is 13.8 Å². The number of nitrogens with zero attached hydrogens (tertiary/aromatic N) is 1. The van der Waals surface area contributed by atoms with Crippen molar-refractivity contribution in [1.82, 2.24) is 4.98 Å². The molecule has 0 radical (unpaired) electrons. The molecule has 108 valence electrons. The first-order chi connectivity index (χ1) is 9.17. The molecule has 0 aliphatic rings. The SMILES string of the molecule is Cc1nc(C)c(-c2cc(N)c(C(=O)OC(C)(C)C)s2)s1. The number of carbonyl (C=O) groups is 1. The van der Waals surface area contributed by atoms with E-state index in [1.165, 1.54) is 11.3 Å². The van der Waals surface area contributed by atoms with Crippen LogP contribution in [0.2, 0.25) is 0 Å². The number of thiophene rings is 1. The fourth-order valence-corrected chi connectivity index (χ4v) is 3.79. The zero-order valence-corrected chi connectivity index (χ0v) is 13.9. The van der Waals surface area contributed by atoms with Crippen LogP contribution in [0.3, 0.4) is 0 Å². The molecule has 6 heteroatoms. The van der Waals surface area contributed by atoms with E-state index in [0.717, 1.165) is 20.5 Å². The van der Waals surface area contributed by atoms with Crippen LogP contribution in [0.25, 0.3) is 9.75 Å². The van der Waals surface area contributed by atoms with E-state index in [1.54, 1.807) is 11.3 Å². The van der Waals surface area contributed by atoms with Crippen molar-refractivity contribution < 1.29 is 9.53 Å². The van der Waals surface area contributed by atoms with Crippen molar-refractivity contribution in [1.29, 1.82) is 0 Å². The molecule has 0 saturated carbocycles. The monoisotopic (exact) mass is 310 g/mol. The van der Waals surface area contributed by atoms with Gasteiger partial charge in [0.2, 0.25) is 0 Å². The van der Waals surface area contributed by atoms with Crippen molar-refractivity contribution in [2.45, 2.75) is 40.2 Å². The number of hydrogen-bond acceptors (Lipinski definition) is 6. The normalized spacial score (nSPS) is 11.7. The van der Waals surface area contributed by atoms with Gasteiger partial charge in [0.25, 0.3) is 0 Å². The predicted octanol–water partition coefficient (Wildman–Crippen LogP) is 4.03. The summed E-state index contributed by atoms with van der Waals surface area (Å²) in [6.07, 6.45) is 0. The van der Waals surface area contributed by atoms with Crippen LogP contribution < -0.4 is 5.73 Å². The quantitative estimate of drug-likeness (QED) is 0.851. The number of nitrogens with two attached hydrogens (primary N) is 1. The number of ether oxygens (including phenoxy) is 1. The van der Waals surface area contributed by atoms with E-state index in [9.17, 15) is 4.79 Å². The Kier molecular flexibility index (Phi) is 3.88. The molecule has 0 amide bonds. The summed E-state index contributed by atoms with van der Waals surface area (Å²) in [6.45, 7) is 9.44. The first-order valence-corrected chi connectivity index (χ1v) is 7.88. The first kappa shape index (κ1) is 15.0. The fraction of sp³-hybridized carbons (Fsp3) is 0.429. The summed E-state index contributed by atoms with van der Waals surface area (Å²) in [6, 6.07) is 1.82. The predicted molar refractivity (Wildman–Crippen MR) is 84.5 cm³/mol. The minimum absolute atomic E-state index is 0.370. The highest BCUT2D eigenvalue weighted by atomic mass is 32.1. The van der Waals surface area contributed by atoms with Crippen molar-refractivity contribution in [2.75, 3.05) is 5.73 Å². The van der Waals surface area contributed by atoms with Gasteiger partial charge in [-0.2, -0.15) is 0 Å². The summed E-state index contributed by atoms with van der Waals surface area (Å²) in [7, 11) is 0. The molecule has 2 rings (SSSR count). The maximum Gasteiger partial charge on any atom is 0.350 e. The number of anilines is 1. The highest BCUT2D eigenvalue weighted by molar-refractivity contribution is 7.23. The largest absolute Gasteiger partial charge is 0.456 e. The fourth-order valence-electron chi connectivity index (χ4n) is 1.76. The van der Waals surface area contributed by atoms with Crippen LogP contribution in [0.4, 0.5) is 5.69 Å². The van der Waals surface area contributed by atoms with E-state index in [2.05, 4.69) is 4.98 Å². The van der Waals surface area contributed by atoms with Crippen molar-refractivity contribution >= 4 is 34.3 Å². The Morgan fingerprint density at radius 2 is 1.95 bits per heavy atom. The summed E-state index contributed by atoms with van der Waals surface area (Å²) in [5.41, 5.74) is 6.85. The number of aryl methyl sites for hydroxylation is 2. The van der Waals surface area contributed by atoms with E-state index in [0.29, 0.717) is 10.6 Å². The Labute approximate surface area is 126 Å². The Morgan fingerprint density at radius 3 is 2.45 bits per heavy atom. The average Bonchev–Trinajstić information content (AvgIpc) is 2.79. The third-order valence-corrected chi connectivity index (χ3v) is 4.86. The van der Waals surface area contributed by atoms with Crippen molar-refractivity contribution in [3.63, 3.8) is 0 Å². The van der Waals surface area contributed by atoms with Gasteiger partial charge in [0, 0.05) is 4.88 Å². The highest BCUT2D eigenvalue weighted by Gasteiger charge is 2.23. The second-order valence-corrected chi connectivity index (χ2v) is 7.80. The maximum atomic E-state index is 12.1. The number of nitrogen functional groups attached to an aromatic ring is 1. The lowest BCUT2D eigenvalue weighted by atomic mass is 10.2. The van der Waals surface area contributed by atoms with Gasteiger partial charge in [0.1, 0.15) is 10.5 Å². The zero-order chi connectivity index (χ0) is 15.1. The molecule has 0 aliphatic carbocycles. The van der Waals surface area contributed by atoms with Gasteiger partial charge in [-0.3, -0.25) is 0 Å². The molecule has 2 heterocycles. The summed E-state index contributed by atoms with van der Waals surface area (Å²) in [5, 5.41) is 1.00. The number of thiazole rings is 1. The molecule has 0 atom stereocenters. The third kappa shape index (κ3) is 3.19. The minimum Gasteiger partial charge on any atom is -0.456 e. The average molecular weight is 310 g/mol. The molecule has 0 aromatic carbocycles. The molecule has 0 aliphatic heterocycles. The van der Waals surface area contributed by atoms with Crippen molar-refractivity contribution in [2.24, 2.45) is 0 Å². The van der Waals surface area contributed by atoms with Gasteiger partial charge in [-0.25, -0.2) is 9.78 Å². The highest BCUT2D eigenvalue weighted by Crippen LogP contribution is 2.38. The number of carbonyl (C=O) groups excluding carboxylic acids is 1. The van der Waals surface area contributed by atoms with Gasteiger partial charge < -0.3 is 10.5 Å². The van der Waals surface area contributed by atoms with E-state index >= 15 is 0 Å². The Balaban J connectivity index is 2.35. The van der Waals surface area contributed by atoms with E-state index in [4.69, 9.17) is 10.5 Å². The Morgan fingerprint density at radius 1 is 1.30 bits per heavy atom. The molecule has 0 fully saturated rings. The second kappa shape index (κ2) is 5.18. The molecule has 0 unspecified atom stereocenters. The van der Waals surface area contributed by atoms with Gasteiger partial charge in [-0.15, -0.1) is 22.7 Å². The molecule has 4 nitrogen and oxygen atoms in total. The summed E-state index contributed by atoms with van der Waals surface area (Å²) in [5.74, 6) is -0.370. The van der Waals surface area contributed by atoms with Crippen LogP contribution in [-0.2, 0) is 4.74 Å². The minimum atomic E-state index is -0.523. The molecular formula is C14H18N2O2S2. The number of hydrogen-bond donors (Lipinski definition) is 1. The molecule has 2 aromatic rings. The van der Waals surface area contributed by atoms with Crippen LogP contribution in [0.5, 0.6) is 0 Å². The van der Waals surface area contributed by atoms with Crippen LogP contribution in [0.15, 0.2) is 6.07 Å². The lowest BCUT2D eigenvalue weighted by Crippen LogP contribution is -2.23. The summed E-state index contributed by atoms with van der Waals surface area (Å²) < 4.78 is 5.37. The number of rotatable bonds is 2. The molecule has 0 bridgehead atoms. The molecule has 20 heavy (non-hydrogen) atoms. The Bertz CT molecular complexity index is 651. The van der Waals surface area contributed by atoms with Crippen molar-refractivity contribution in [3.8, 4) is 9.75 Å². The van der Waals surface area contributed by atoms with Crippen LogP contribution in [-0.4, -0.2) is 16.6 Å². The number of aromatic nitrogens is 1. The molecular weight excluding hydrogens is 292 g/mol. The first-order valence-electron chi connectivity index (χ1n) is 6.24. The summed E-state index contributed by atoms with van der Waals surface area (Å²) in [4.78, 5) is 19.0. The lowest BCUT2D eigenvalue weighted by molar-refractivity contribution is 0.00764. The lowest BCUT2D eigenvalue weighted by Gasteiger charge is -2.18. The number of esters is 1. The summed E-state index contributed by atoms with van der Waals surface area (Å²) >= 11 is 2.97. The topological polar surface area (TPSA) is 65.2 Å². The standard InChI is InChI=1S/C14H18N2O2S2/c1-7-11(19-8(2)16-7)10-6-9(15)12(20-10)13(17)18-14(3,4)5/h6H,15H2,1-5H3. The molecule has 0 saturated heterocycles. The molecule has 0 spiro atoms. The van der Waals surface area contributed by atoms with E-state index in [-0.39, 0.29) is 5.97 Å². The molecule has 2 N–H and O–H groups in total. The second-order valence-electron chi connectivity index (χ2n) is 5.54. The molecule has 2 aromatic heterocycles. The third-order valence-electron chi connectivity index (χ3n) is 2.47. The van der Waals surface area contributed by atoms with Gasteiger partial charge >= 0.3 is 5.97 Å². The zero-order valence-electron chi connectivity index (χ0n) is 12.2. The van der Waals surface area contributed by atoms with Crippen molar-refractivity contribution in [3.05, 3.63) is 21.6 Å². The smallest absolute Gasteiger partial charge is 0.350 e. The van der Waals surface area contributed by atoms with Gasteiger partial charge in [0.05, 0.1) is 21.3 Å². The van der Waals surface area contributed by atoms with Gasteiger partial charge in [-0.1, -0.05) is 0 Å². The van der Waals surface area contributed by atoms with Crippen LogP contribution in [0.1, 0.15) is 41.1 Å². The van der Waals surface area contributed by atoms with Crippen LogP contribution >= 0.6 is 22.7 Å². The van der Waals surface area contributed by atoms with Gasteiger partial charge in [0.15, 0.2) is 0 Å².